The first-order chi connectivity index (χ1) is 7.84. The lowest BCUT2D eigenvalue weighted by molar-refractivity contribution is 0.224. The van der Waals surface area contributed by atoms with E-state index in [1.165, 1.54) is 9.40 Å². The Balaban J connectivity index is 2.01. The van der Waals surface area contributed by atoms with Gasteiger partial charge >= 0.3 is 0 Å². The van der Waals surface area contributed by atoms with E-state index >= 15 is 0 Å². The smallest absolute Gasteiger partial charge is 0.115 e. The SMILES string of the molecule is OC(c1cccnc1)c1cc2sccc2s1. The standard InChI is InChI=1S/C12H9NOS2/c14-12(8-2-1-4-13-7-8)11-6-10-9(16-11)3-5-15-10/h1-7,12,14H. The molecule has 1 atom stereocenters. The lowest BCUT2D eigenvalue weighted by atomic mass is 10.1. The number of pyridine rings is 1. The average molecular weight is 247 g/mol. The van der Waals surface area contributed by atoms with Crippen molar-refractivity contribution in [2.75, 3.05) is 0 Å². The predicted octanol–water partition coefficient (Wildman–Crippen LogP) is 3.44. The zero-order valence-corrected chi connectivity index (χ0v) is 9.96. The summed E-state index contributed by atoms with van der Waals surface area (Å²) in [5, 5.41) is 12.3. The fraction of sp³-hybridized carbons (Fsp3) is 0.0833. The minimum atomic E-state index is -0.557. The first-order valence-electron chi connectivity index (χ1n) is 4.89. The van der Waals surface area contributed by atoms with Crippen molar-refractivity contribution in [3.05, 3.63) is 52.5 Å². The zero-order valence-electron chi connectivity index (χ0n) is 8.33. The summed E-state index contributed by atoms with van der Waals surface area (Å²) >= 11 is 3.34. The summed E-state index contributed by atoms with van der Waals surface area (Å²) in [6, 6.07) is 7.88. The van der Waals surface area contributed by atoms with Crippen LogP contribution in [0.2, 0.25) is 0 Å². The number of hydrogen-bond donors (Lipinski definition) is 1. The average Bonchev–Trinajstić information content (AvgIpc) is 2.89. The Kier molecular flexibility index (Phi) is 2.47. The van der Waals surface area contributed by atoms with Gasteiger partial charge in [0.05, 0.1) is 0 Å². The summed E-state index contributed by atoms with van der Waals surface area (Å²) < 4.78 is 2.48. The molecule has 80 valence electrons. The molecule has 3 aromatic rings. The van der Waals surface area contributed by atoms with Gasteiger partial charge in [-0.2, -0.15) is 0 Å². The number of nitrogens with zero attached hydrogens (tertiary/aromatic N) is 1. The highest BCUT2D eigenvalue weighted by Gasteiger charge is 2.13. The molecular weight excluding hydrogens is 238 g/mol. The van der Waals surface area contributed by atoms with Crippen molar-refractivity contribution in [1.82, 2.24) is 4.98 Å². The van der Waals surface area contributed by atoms with E-state index in [4.69, 9.17) is 0 Å². The van der Waals surface area contributed by atoms with E-state index in [-0.39, 0.29) is 0 Å². The molecule has 0 saturated heterocycles. The number of thiophene rings is 2. The first-order valence-corrected chi connectivity index (χ1v) is 6.59. The quantitative estimate of drug-likeness (QED) is 0.752. The Morgan fingerprint density at radius 2 is 2.19 bits per heavy atom. The topological polar surface area (TPSA) is 33.1 Å². The molecule has 0 spiro atoms. The molecule has 0 amide bonds. The Labute approximate surface area is 101 Å². The van der Waals surface area contributed by atoms with Gasteiger partial charge in [-0.05, 0) is 23.6 Å². The number of aromatic nitrogens is 1. The maximum absolute atomic E-state index is 10.2. The normalized spacial score (nSPS) is 13.1. The van der Waals surface area contributed by atoms with Gasteiger partial charge in [0.25, 0.3) is 0 Å². The number of hydrogen-bond acceptors (Lipinski definition) is 4. The van der Waals surface area contributed by atoms with Gasteiger partial charge in [0.1, 0.15) is 6.10 Å². The molecule has 0 aliphatic rings. The van der Waals surface area contributed by atoms with Crippen LogP contribution in [0.4, 0.5) is 0 Å². The van der Waals surface area contributed by atoms with E-state index in [2.05, 4.69) is 22.5 Å². The van der Waals surface area contributed by atoms with Crippen LogP contribution < -0.4 is 0 Å². The third kappa shape index (κ3) is 1.65. The van der Waals surface area contributed by atoms with Gasteiger partial charge in [0.15, 0.2) is 0 Å². The second kappa shape index (κ2) is 3.97. The van der Waals surface area contributed by atoms with Crippen LogP contribution in [0.25, 0.3) is 9.40 Å². The fourth-order valence-corrected chi connectivity index (χ4v) is 3.76. The molecule has 0 aromatic carbocycles. The van der Waals surface area contributed by atoms with Crippen molar-refractivity contribution >= 4 is 32.1 Å². The van der Waals surface area contributed by atoms with Gasteiger partial charge in [0.2, 0.25) is 0 Å². The number of rotatable bonds is 2. The van der Waals surface area contributed by atoms with E-state index in [1.54, 1.807) is 35.1 Å². The second-order valence-corrected chi connectivity index (χ2v) is 5.55. The molecule has 4 heteroatoms. The minimum Gasteiger partial charge on any atom is -0.383 e. The molecule has 0 aliphatic carbocycles. The molecule has 0 bridgehead atoms. The van der Waals surface area contributed by atoms with Crippen molar-refractivity contribution in [2.45, 2.75) is 6.10 Å². The Morgan fingerprint density at radius 1 is 1.25 bits per heavy atom. The molecule has 3 aromatic heterocycles. The molecular formula is C12H9NOS2. The van der Waals surface area contributed by atoms with E-state index in [9.17, 15) is 5.11 Å². The van der Waals surface area contributed by atoms with Crippen molar-refractivity contribution in [1.29, 1.82) is 0 Å². The number of aliphatic hydroxyl groups is 1. The monoisotopic (exact) mass is 247 g/mol. The Hall–Kier alpha value is -1.23. The summed E-state index contributed by atoms with van der Waals surface area (Å²) in [6.07, 6.45) is 2.86. The lowest BCUT2D eigenvalue weighted by Crippen LogP contribution is -1.96. The van der Waals surface area contributed by atoms with Crippen LogP contribution in [0, 0.1) is 0 Å². The molecule has 16 heavy (non-hydrogen) atoms. The van der Waals surface area contributed by atoms with Gasteiger partial charge < -0.3 is 5.11 Å². The first kappa shape index (κ1) is 9.96. The van der Waals surface area contributed by atoms with Crippen molar-refractivity contribution in [3.8, 4) is 0 Å². The summed E-state index contributed by atoms with van der Waals surface area (Å²) in [5.41, 5.74) is 0.844. The van der Waals surface area contributed by atoms with Crippen LogP contribution in [0.3, 0.4) is 0 Å². The largest absolute Gasteiger partial charge is 0.383 e. The van der Waals surface area contributed by atoms with Crippen LogP contribution in [-0.4, -0.2) is 10.1 Å². The maximum Gasteiger partial charge on any atom is 0.115 e. The molecule has 0 radical (unpaired) electrons. The highest BCUT2D eigenvalue weighted by molar-refractivity contribution is 7.26. The van der Waals surface area contributed by atoms with Gasteiger partial charge in [-0.3, -0.25) is 4.98 Å². The van der Waals surface area contributed by atoms with Crippen LogP contribution in [0.1, 0.15) is 16.5 Å². The van der Waals surface area contributed by atoms with Crippen molar-refractivity contribution < 1.29 is 5.11 Å². The van der Waals surface area contributed by atoms with E-state index in [0.717, 1.165) is 10.4 Å². The predicted molar refractivity (Wildman–Crippen MR) is 68.0 cm³/mol. The minimum absolute atomic E-state index is 0.557. The summed E-state index contributed by atoms with van der Waals surface area (Å²) in [7, 11) is 0. The van der Waals surface area contributed by atoms with E-state index in [1.807, 2.05) is 12.1 Å². The van der Waals surface area contributed by atoms with Gasteiger partial charge in [-0.25, -0.2) is 0 Å². The van der Waals surface area contributed by atoms with Crippen LogP contribution in [0.5, 0.6) is 0 Å². The third-order valence-corrected chi connectivity index (χ3v) is 4.57. The molecule has 0 fully saturated rings. The molecule has 3 heterocycles. The van der Waals surface area contributed by atoms with Crippen molar-refractivity contribution in [2.24, 2.45) is 0 Å². The molecule has 1 unspecified atom stereocenters. The fourth-order valence-electron chi connectivity index (χ4n) is 1.62. The van der Waals surface area contributed by atoms with Gasteiger partial charge in [0, 0.05) is 32.2 Å². The van der Waals surface area contributed by atoms with Crippen LogP contribution in [0.15, 0.2) is 42.0 Å². The highest BCUT2D eigenvalue weighted by Crippen LogP contribution is 2.35. The zero-order chi connectivity index (χ0) is 11.0. The van der Waals surface area contributed by atoms with Crippen molar-refractivity contribution in [3.63, 3.8) is 0 Å². The van der Waals surface area contributed by atoms with Gasteiger partial charge in [-0.1, -0.05) is 6.07 Å². The van der Waals surface area contributed by atoms with Crippen LogP contribution in [-0.2, 0) is 0 Å². The van der Waals surface area contributed by atoms with Gasteiger partial charge in [-0.15, -0.1) is 22.7 Å². The third-order valence-electron chi connectivity index (χ3n) is 2.43. The number of fused-ring (bicyclic) bond motifs is 1. The Bertz CT molecular complexity index is 571. The maximum atomic E-state index is 10.2. The molecule has 0 saturated carbocycles. The molecule has 3 rings (SSSR count). The summed E-state index contributed by atoms with van der Waals surface area (Å²) in [6.45, 7) is 0. The number of aliphatic hydroxyl groups excluding tert-OH is 1. The highest BCUT2D eigenvalue weighted by atomic mass is 32.1. The van der Waals surface area contributed by atoms with Crippen LogP contribution >= 0.6 is 22.7 Å². The van der Waals surface area contributed by atoms with E-state index < -0.39 is 6.10 Å². The Morgan fingerprint density at radius 3 is 2.94 bits per heavy atom. The summed E-state index contributed by atoms with van der Waals surface area (Å²) in [4.78, 5) is 5.00. The molecule has 1 N–H and O–H groups in total. The lowest BCUT2D eigenvalue weighted by Gasteiger charge is -2.07. The second-order valence-electron chi connectivity index (χ2n) is 3.49. The molecule has 0 aliphatic heterocycles. The summed E-state index contributed by atoms with van der Waals surface area (Å²) in [5.74, 6) is 0. The molecule has 2 nitrogen and oxygen atoms in total. The van der Waals surface area contributed by atoms with E-state index in [0.29, 0.717) is 0 Å².